The van der Waals surface area contributed by atoms with Crippen LogP contribution in [0.2, 0.25) is 5.02 Å². The van der Waals surface area contributed by atoms with Gasteiger partial charge in [-0.2, -0.15) is 5.26 Å². The zero-order valence-corrected chi connectivity index (χ0v) is 17.5. The van der Waals surface area contributed by atoms with Crippen LogP contribution < -0.4 is 20.5 Å². The lowest BCUT2D eigenvalue weighted by Crippen LogP contribution is -2.00. The van der Waals surface area contributed by atoms with Gasteiger partial charge in [0, 0.05) is 23.3 Å². The number of rotatable bonds is 6. The second kappa shape index (κ2) is 8.82. The average Bonchev–Trinajstić information content (AvgIpc) is 2.79. The fraction of sp³-hybridized carbons (Fsp3) is 0.0833. The number of pyridine rings is 1. The predicted octanol–water partition coefficient (Wildman–Crippen LogP) is 5.67. The van der Waals surface area contributed by atoms with E-state index in [1.165, 1.54) is 6.20 Å². The molecule has 0 fully saturated rings. The van der Waals surface area contributed by atoms with Crippen LogP contribution in [0.3, 0.4) is 0 Å². The standard InChI is InChI=1S/C24H19ClN4O2/c1-30-23-11-21-18(10-20(23)27)24(16(12-26)13-28-21)29-17-7-8-22(19(25)9-17)31-14-15-5-3-2-4-6-15/h2-11,13H,14,27H2,1H3,(H,28,29). The number of nitrogen functional groups attached to an aromatic ring is 1. The molecule has 7 heteroatoms. The largest absolute Gasteiger partial charge is 0.495 e. The number of nitrogens with one attached hydrogen (secondary N) is 1. The molecule has 0 saturated carbocycles. The number of fused-ring (bicyclic) bond motifs is 1. The van der Waals surface area contributed by atoms with Gasteiger partial charge in [0.1, 0.15) is 24.2 Å². The first kappa shape index (κ1) is 20.3. The number of benzene rings is 3. The zero-order valence-electron chi connectivity index (χ0n) is 16.7. The molecule has 6 nitrogen and oxygen atoms in total. The highest BCUT2D eigenvalue weighted by atomic mass is 35.5. The number of methoxy groups -OCH3 is 1. The number of aromatic nitrogens is 1. The van der Waals surface area contributed by atoms with Crippen LogP contribution in [-0.2, 0) is 6.61 Å². The Bertz CT molecular complexity index is 1290. The maximum atomic E-state index is 9.57. The van der Waals surface area contributed by atoms with Crippen molar-refractivity contribution in [3.8, 4) is 17.6 Å². The predicted molar refractivity (Wildman–Crippen MR) is 123 cm³/mol. The third-order valence-corrected chi connectivity index (χ3v) is 5.07. The first-order valence-corrected chi connectivity index (χ1v) is 9.86. The number of hydrogen-bond acceptors (Lipinski definition) is 6. The summed E-state index contributed by atoms with van der Waals surface area (Å²) >= 11 is 6.44. The molecule has 1 heterocycles. The highest BCUT2D eigenvalue weighted by Gasteiger charge is 2.13. The number of nitrogens with two attached hydrogens (primary N) is 1. The van der Waals surface area contributed by atoms with E-state index in [9.17, 15) is 5.26 Å². The van der Waals surface area contributed by atoms with Crippen molar-refractivity contribution in [3.63, 3.8) is 0 Å². The minimum absolute atomic E-state index is 0.387. The number of nitrogens with zero attached hydrogens (tertiary/aromatic N) is 2. The number of halogens is 1. The van der Waals surface area contributed by atoms with Crippen LogP contribution in [-0.4, -0.2) is 12.1 Å². The zero-order chi connectivity index (χ0) is 21.8. The summed E-state index contributed by atoms with van der Waals surface area (Å²) in [7, 11) is 1.55. The maximum Gasteiger partial charge on any atom is 0.143 e. The van der Waals surface area contributed by atoms with Crippen LogP contribution in [0.15, 0.2) is 66.9 Å². The van der Waals surface area contributed by atoms with Gasteiger partial charge in [-0.3, -0.25) is 4.98 Å². The Labute approximate surface area is 184 Å². The molecule has 0 aliphatic carbocycles. The second-order valence-electron chi connectivity index (χ2n) is 6.81. The molecule has 3 N–H and O–H groups in total. The average molecular weight is 431 g/mol. The van der Waals surface area contributed by atoms with E-state index in [1.807, 2.05) is 36.4 Å². The van der Waals surface area contributed by atoms with Gasteiger partial charge in [-0.05, 0) is 29.8 Å². The molecule has 4 aromatic rings. The van der Waals surface area contributed by atoms with Gasteiger partial charge in [0.05, 0.1) is 34.6 Å². The number of anilines is 3. The molecule has 0 saturated heterocycles. The van der Waals surface area contributed by atoms with E-state index in [1.54, 1.807) is 31.4 Å². The Morgan fingerprint density at radius 1 is 1.10 bits per heavy atom. The summed E-state index contributed by atoms with van der Waals surface area (Å²) in [4.78, 5) is 4.34. The molecule has 0 amide bonds. The molecular weight excluding hydrogens is 412 g/mol. The van der Waals surface area contributed by atoms with Gasteiger partial charge in [-0.1, -0.05) is 41.9 Å². The summed E-state index contributed by atoms with van der Waals surface area (Å²) in [6, 6.07) is 20.9. The van der Waals surface area contributed by atoms with Crippen LogP contribution >= 0.6 is 11.6 Å². The molecule has 154 valence electrons. The molecule has 0 atom stereocenters. The normalized spacial score (nSPS) is 10.5. The molecular formula is C24H19ClN4O2. The van der Waals surface area contributed by atoms with Gasteiger partial charge >= 0.3 is 0 Å². The molecule has 3 aromatic carbocycles. The van der Waals surface area contributed by atoms with E-state index in [0.29, 0.717) is 56.7 Å². The number of nitriles is 1. The van der Waals surface area contributed by atoms with Crippen LogP contribution in [0.4, 0.5) is 17.1 Å². The summed E-state index contributed by atoms with van der Waals surface area (Å²) in [5.74, 6) is 1.10. The van der Waals surface area contributed by atoms with Crippen molar-refractivity contribution in [3.05, 3.63) is 83.0 Å². The quantitative estimate of drug-likeness (QED) is 0.382. The van der Waals surface area contributed by atoms with Gasteiger partial charge in [0.15, 0.2) is 0 Å². The monoisotopic (exact) mass is 430 g/mol. The lowest BCUT2D eigenvalue weighted by atomic mass is 10.1. The SMILES string of the molecule is COc1cc2ncc(C#N)c(Nc3ccc(OCc4ccccc4)c(Cl)c3)c2cc1N. The lowest BCUT2D eigenvalue weighted by Gasteiger charge is -2.15. The van der Waals surface area contributed by atoms with E-state index >= 15 is 0 Å². The van der Waals surface area contributed by atoms with Crippen molar-refractivity contribution in [2.75, 3.05) is 18.2 Å². The molecule has 0 aliphatic rings. The van der Waals surface area contributed by atoms with E-state index < -0.39 is 0 Å². The van der Waals surface area contributed by atoms with Crippen LogP contribution in [0.1, 0.15) is 11.1 Å². The molecule has 0 aliphatic heterocycles. The van der Waals surface area contributed by atoms with Gasteiger partial charge in [-0.25, -0.2) is 0 Å². The van der Waals surface area contributed by atoms with Gasteiger partial charge in [-0.15, -0.1) is 0 Å². The van der Waals surface area contributed by atoms with E-state index in [2.05, 4.69) is 16.4 Å². The Hall–Kier alpha value is -3.95. The Kier molecular flexibility index (Phi) is 5.78. The Morgan fingerprint density at radius 2 is 1.90 bits per heavy atom. The fourth-order valence-electron chi connectivity index (χ4n) is 3.21. The highest BCUT2D eigenvalue weighted by Crippen LogP contribution is 2.36. The minimum Gasteiger partial charge on any atom is -0.495 e. The molecule has 0 unspecified atom stereocenters. The number of ether oxygens (including phenoxy) is 2. The van der Waals surface area contributed by atoms with Crippen molar-refractivity contribution >= 4 is 39.6 Å². The lowest BCUT2D eigenvalue weighted by molar-refractivity contribution is 0.306. The van der Waals surface area contributed by atoms with Crippen molar-refractivity contribution in [1.29, 1.82) is 5.26 Å². The van der Waals surface area contributed by atoms with Crippen LogP contribution in [0.5, 0.6) is 11.5 Å². The van der Waals surface area contributed by atoms with Crippen molar-refractivity contribution in [2.24, 2.45) is 0 Å². The highest BCUT2D eigenvalue weighted by molar-refractivity contribution is 6.32. The first-order valence-electron chi connectivity index (χ1n) is 9.48. The van der Waals surface area contributed by atoms with Gasteiger partial charge in [0.25, 0.3) is 0 Å². The summed E-state index contributed by atoms with van der Waals surface area (Å²) < 4.78 is 11.1. The smallest absolute Gasteiger partial charge is 0.143 e. The molecule has 1 aromatic heterocycles. The van der Waals surface area contributed by atoms with Crippen molar-refractivity contribution in [1.82, 2.24) is 4.98 Å². The minimum atomic E-state index is 0.387. The number of hydrogen-bond donors (Lipinski definition) is 2. The third-order valence-electron chi connectivity index (χ3n) is 4.78. The summed E-state index contributed by atoms with van der Waals surface area (Å²) in [6.45, 7) is 0.419. The van der Waals surface area contributed by atoms with Crippen LogP contribution in [0.25, 0.3) is 10.9 Å². The second-order valence-corrected chi connectivity index (χ2v) is 7.22. The topological polar surface area (TPSA) is 93.2 Å². The summed E-state index contributed by atoms with van der Waals surface area (Å²) in [5.41, 5.74) is 9.92. The van der Waals surface area contributed by atoms with Crippen LogP contribution in [0, 0.1) is 11.3 Å². The molecule has 0 spiro atoms. The molecule has 4 rings (SSSR count). The molecule has 0 bridgehead atoms. The van der Waals surface area contributed by atoms with Crippen molar-refractivity contribution in [2.45, 2.75) is 6.61 Å². The van der Waals surface area contributed by atoms with E-state index in [-0.39, 0.29) is 0 Å². The maximum absolute atomic E-state index is 9.57. The van der Waals surface area contributed by atoms with Gasteiger partial charge in [0.2, 0.25) is 0 Å². The van der Waals surface area contributed by atoms with E-state index in [0.717, 1.165) is 5.56 Å². The van der Waals surface area contributed by atoms with E-state index in [4.69, 9.17) is 26.8 Å². The fourth-order valence-corrected chi connectivity index (χ4v) is 3.44. The van der Waals surface area contributed by atoms with Crippen molar-refractivity contribution < 1.29 is 9.47 Å². The third kappa shape index (κ3) is 4.32. The summed E-state index contributed by atoms with van der Waals surface area (Å²) in [6.07, 6.45) is 1.51. The molecule has 0 radical (unpaired) electrons. The summed E-state index contributed by atoms with van der Waals surface area (Å²) in [5, 5.41) is 14.0. The van der Waals surface area contributed by atoms with Gasteiger partial charge < -0.3 is 20.5 Å². The Balaban J connectivity index is 1.63. The Morgan fingerprint density at radius 3 is 2.61 bits per heavy atom. The first-order chi connectivity index (χ1) is 15.1. The molecule has 31 heavy (non-hydrogen) atoms.